The van der Waals surface area contributed by atoms with Crippen LogP contribution in [0.4, 0.5) is 5.69 Å². The quantitative estimate of drug-likeness (QED) is 0.905. The van der Waals surface area contributed by atoms with Gasteiger partial charge in [0, 0.05) is 31.9 Å². The number of para-hydroxylation sites is 1. The van der Waals surface area contributed by atoms with Crippen LogP contribution >= 0.6 is 15.9 Å². The molecule has 0 saturated carbocycles. The number of nitrogens with zero attached hydrogens (tertiary/aromatic N) is 3. The number of benzene rings is 1. The summed E-state index contributed by atoms with van der Waals surface area (Å²) < 4.78 is 3.10. The Kier molecular flexibility index (Phi) is 4.04. The van der Waals surface area contributed by atoms with Gasteiger partial charge in [-0.25, -0.2) is 0 Å². The van der Waals surface area contributed by atoms with Gasteiger partial charge in [-0.1, -0.05) is 18.2 Å². The summed E-state index contributed by atoms with van der Waals surface area (Å²) in [5, 5.41) is 8.08. The Morgan fingerprint density at radius 3 is 2.86 bits per heavy atom. The molecule has 1 aromatic heterocycles. The molecule has 1 aliphatic rings. The van der Waals surface area contributed by atoms with Crippen molar-refractivity contribution < 1.29 is 0 Å². The van der Waals surface area contributed by atoms with E-state index in [2.05, 4.69) is 62.4 Å². The fraction of sp³-hybridized carbons (Fsp3) is 0.438. The number of halogens is 1. The fourth-order valence-corrected chi connectivity index (χ4v) is 3.39. The third-order valence-electron chi connectivity index (χ3n) is 4.07. The molecule has 0 spiro atoms. The largest absolute Gasteiger partial charge is 0.364 e. The van der Waals surface area contributed by atoms with Crippen LogP contribution in [0.1, 0.15) is 23.9 Å². The molecule has 5 heteroatoms. The van der Waals surface area contributed by atoms with Crippen LogP contribution in [0.25, 0.3) is 0 Å². The maximum Gasteiger partial charge on any atom is 0.0739 e. The average molecular weight is 349 g/mol. The molecule has 112 valence electrons. The zero-order valence-electron chi connectivity index (χ0n) is 12.7. The number of hydrogen-bond donors (Lipinski definition) is 1. The summed E-state index contributed by atoms with van der Waals surface area (Å²) in [6, 6.07) is 9.11. The summed E-state index contributed by atoms with van der Waals surface area (Å²) in [5.41, 5.74) is 4.94. The second kappa shape index (κ2) is 5.81. The van der Waals surface area contributed by atoms with Crippen molar-refractivity contribution in [1.82, 2.24) is 15.1 Å². The zero-order valence-corrected chi connectivity index (χ0v) is 14.3. The SMILES string of the molecule is Cc1nn(C)c(CN2CC(C)NCc3ccccc32)c1Br. The first-order valence-corrected chi connectivity index (χ1v) is 8.09. The van der Waals surface area contributed by atoms with Gasteiger partial charge >= 0.3 is 0 Å². The van der Waals surface area contributed by atoms with Crippen LogP contribution in [0, 0.1) is 6.92 Å². The van der Waals surface area contributed by atoms with Gasteiger partial charge < -0.3 is 10.2 Å². The molecule has 0 fully saturated rings. The van der Waals surface area contributed by atoms with E-state index in [9.17, 15) is 0 Å². The highest BCUT2D eigenvalue weighted by Crippen LogP contribution is 2.28. The van der Waals surface area contributed by atoms with Gasteiger partial charge in [-0.05, 0) is 41.4 Å². The third kappa shape index (κ3) is 2.85. The number of anilines is 1. The summed E-state index contributed by atoms with van der Waals surface area (Å²) in [6.45, 7) is 7.06. The lowest BCUT2D eigenvalue weighted by atomic mass is 10.1. The van der Waals surface area contributed by atoms with E-state index in [0.29, 0.717) is 6.04 Å². The van der Waals surface area contributed by atoms with Crippen molar-refractivity contribution in [3.05, 3.63) is 45.7 Å². The molecule has 0 saturated heterocycles. The molecule has 0 amide bonds. The van der Waals surface area contributed by atoms with Gasteiger partial charge in [-0.3, -0.25) is 4.68 Å². The summed E-state index contributed by atoms with van der Waals surface area (Å²) in [5.74, 6) is 0. The fourth-order valence-electron chi connectivity index (χ4n) is 2.93. The Labute approximate surface area is 134 Å². The highest BCUT2D eigenvalue weighted by Gasteiger charge is 2.21. The maximum absolute atomic E-state index is 4.50. The van der Waals surface area contributed by atoms with E-state index in [-0.39, 0.29) is 0 Å². The van der Waals surface area contributed by atoms with E-state index in [4.69, 9.17) is 0 Å². The smallest absolute Gasteiger partial charge is 0.0739 e. The van der Waals surface area contributed by atoms with Gasteiger partial charge in [0.15, 0.2) is 0 Å². The van der Waals surface area contributed by atoms with Crippen LogP contribution in [-0.4, -0.2) is 22.4 Å². The first kappa shape index (κ1) is 14.6. The lowest BCUT2D eigenvalue weighted by Crippen LogP contribution is -2.36. The third-order valence-corrected chi connectivity index (χ3v) is 5.10. The van der Waals surface area contributed by atoms with Crippen LogP contribution < -0.4 is 10.2 Å². The van der Waals surface area contributed by atoms with Crippen molar-refractivity contribution in [2.45, 2.75) is 33.0 Å². The van der Waals surface area contributed by atoms with E-state index in [1.165, 1.54) is 16.9 Å². The molecule has 1 aliphatic heterocycles. The summed E-state index contributed by atoms with van der Waals surface area (Å²) in [6.07, 6.45) is 0. The lowest BCUT2D eigenvalue weighted by molar-refractivity contribution is 0.547. The van der Waals surface area contributed by atoms with Crippen LogP contribution in [0.5, 0.6) is 0 Å². The number of hydrogen-bond acceptors (Lipinski definition) is 3. The first-order chi connectivity index (χ1) is 10.1. The van der Waals surface area contributed by atoms with Gasteiger partial charge in [0.05, 0.1) is 22.4 Å². The second-order valence-electron chi connectivity index (χ2n) is 5.76. The van der Waals surface area contributed by atoms with Gasteiger partial charge in [0.2, 0.25) is 0 Å². The molecule has 0 radical (unpaired) electrons. The number of nitrogens with one attached hydrogen (secondary N) is 1. The highest BCUT2D eigenvalue weighted by atomic mass is 79.9. The summed E-state index contributed by atoms with van der Waals surface area (Å²) in [4.78, 5) is 2.45. The van der Waals surface area contributed by atoms with Gasteiger partial charge in [0.1, 0.15) is 0 Å². The van der Waals surface area contributed by atoms with Crippen molar-refractivity contribution in [3.63, 3.8) is 0 Å². The highest BCUT2D eigenvalue weighted by molar-refractivity contribution is 9.10. The number of fused-ring (bicyclic) bond motifs is 1. The van der Waals surface area contributed by atoms with E-state index in [1.807, 2.05) is 18.7 Å². The van der Waals surface area contributed by atoms with Crippen LogP contribution in [0.15, 0.2) is 28.7 Å². The van der Waals surface area contributed by atoms with E-state index < -0.39 is 0 Å². The van der Waals surface area contributed by atoms with Crippen molar-refractivity contribution in [2.75, 3.05) is 11.4 Å². The van der Waals surface area contributed by atoms with Crippen molar-refractivity contribution in [2.24, 2.45) is 7.05 Å². The number of aromatic nitrogens is 2. The molecule has 3 rings (SSSR count). The molecule has 21 heavy (non-hydrogen) atoms. The second-order valence-corrected chi connectivity index (χ2v) is 6.55. The minimum atomic E-state index is 0.463. The molecule has 1 N–H and O–H groups in total. The van der Waals surface area contributed by atoms with Crippen LogP contribution in [-0.2, 0) is 20.1 Å². The monoisotopic (exact) mass is 348 g/mol. The topological polar surface area (TPSA) is 33.1 Å². The van der Waals surface area contributed by atoms with Crippen molar-refractivity contribution in [3.8, 4) is 0 Å². The molecular weight excluding hydrogens is 328 g/mol. The molecule has 1 unspecified atom stereocenters. The minimum Gasteiger partial charge on any atom is -0.364 e. The Balaban J connectivity index is 1.96. The first-order valence-electron chi connectivity index (χ1n) is 7.30. The van der Waals surface area contributed by atoms with Crippen molar-refractivity contribution >= 4 is 21.6 Å². The number of rotatable bonds is 2. The van der Waals surface area contributed by atoms with E-state index >= 15 is 0 Å². The molecule has 1 aromatic carbocycles. The zero-order chi connectivity index (χ0) is 15.0. The molecular formula is C16H21BrN4. The average Bonchev–Trinajstić information content (AvgIpc) is 2.63. The predicted molar refractivity (Wildman–Crippen MR) is 89.4 cm³/mol. The molecule has 0 aliphatic carbocycles. The standard InChI is InChI=1S/C16H21BrN4/c1-11-9-21(10-15-16(17)12(2)19-20(15)3)14-7-5-4-6-13(14)8-18-11/h4-7,11,18H,8-10H2,1-3H3. The summed E-state index contributed by atoms with van der Waals surface area (Å²) in [7, 11) is 2.01. The molecule has 0 bridgehead atoms. The molecule has 2 heterocycles. The Morgan fingerprint density at radius 1 is 1.38 bits per heavy atom. The molecule has 2 aromatic rings. The number of aryl methyl sites for hydroxylation is 2. The van der Waals surface area contributed by atoms with Crippen LogP contribution in [0.2, 0.25) is 0 Å². The Morgan fingerprint density at radius 2 is 2.14 bits per heavy atom. The van der Waals surface area contributed by atoms with E-state index in [0.717, 1.165) is 29.8 Å². The Hall–Kier alpha value is -1.33. The Bertz CT molecular complexity index is 650. The lowest BCUT2D eigenvalue weighted by Gasteiger charge is -2.26. The predicted octanol–water partition coefficient (Wildman–Crippen LogP) is 2.99. The van der Waals surface area contributed by atoms with Gasteiger partial charge in [0.25, 0.3) is 0 Å². The van der Waals surface area contributed by atoms with E-state index in [1.54, 1.807) is 0 Å². The molecule has 4 nitrogen and oxygen atoms in total. The van der Waals surface area contributed by atoms with Crippen molar-refractivity contribution in [1.29, 1.82) is 0 Å². The van der Waals surface area contributed by atoms with Crippen LogP contribution in [0.3, 0.4) is 0 Å². The van der Waals surface area contributed by atoms with Gasteiger partial charge in [-0.2, -0.15) is 5.10 Å². The minimum absolute atomic E-state index is 0.463. The normalized spacial score (nSPS) is 18.5. The summed E-state index contributed by atoms with van der Waals surface area (Å²) >= 11 is 3.68. The molecule has 1 atom stereocenters. The van der Waals surface area contributed by atoms with Gasteiger partial charge in [-0.15, -0.1) is 0 Å². The maximum atomic E-state index is 4.50.